The fraction of sp³-hybridized carbons (Fsp3) is 0.160. The van der Waals surface area contributed by atoms with E-state index in [1.807, 2.05) is 79.7 Å². The van der Waals surface area contributed by atoms with E-state index < -0.39 is 0 Å². The number of anilines is 3. The Hall–Kier alpha value is -4.13. The lowest BCUT2D eigenvalue weighted by Crippen LogP contribution is -2.29. The molecule has 7 nitrogen and oxygen atoms in total. The minimum absolute atomic E-state index is 0.107. The van der Waals surface area contributed by atoms with Crippen LogP contribution in [0.2, 0.25) is 0 Å². The third-order valence-electron chi connectivity index (χ3n) is 4.92. The van der Waals surface area contributed by atoms with Crippen molar-refractivity contribution in [2.75, 3.05) is 30.8 Å². The Morgan fingerprint density at radius 1 is 0.906 bits per heavy atom. The van der Waals surface area contributed by atoms with Crippen molar-refractivity contribution < 1.29 is 9.53 Å². The Morgan fingerprint density at radius 2 is 1.69 bits per heavy atom. The Balaban J connectivity index is 1.31. The van der Waals surface area contributed by atoms with Crippen molar-refractivity contribution in [2.24, 2.45) is 0 Å². The molecule has 0 aliphatic carbocycles. The molecule has 3 N–H and O–H groups in total. The summed E-state index contributed by atoms with van der Waals surface area (Å²) in [7, 11) is 1.64. The lowest BCUT2D eigenvalue weighted by Gasteiger charge is -2.11. The summed E-state index contributed by atoms with van der Waals surface area (Å²) in [5.41, 5.74) is 2.37. The van der Waals surface area contributed by atoms with Crippen molar-refractivity contribution in [2.45, 2.75) is 6.92 Å². The molecule has 1 amide bonds. The van der Waals surface area contributed by atoms with Gasteiger partial charge in [-0.15, -0.1) is 0 Å². The van der Waals surface area contributed by atoms with Gasteiger partial charge in [0.05, 0.1) is 7.11 Å². The molecule has 0 spiro atoms. The second-order valence-electron chi connectivity index (χ2n) is 7.32. The standard InChI is InChI=1S/C25H25N5O2/c1-17-15-23(29-21-9-11-22(32-2)12-10-21)30-25(28-17)27-14-13-26-24(31)20-8-7-18-5-3-4-6-19(18)16-20/h3-12,15-16H,13-14H2,1-2H3,(H,26,31)(H2,27,28,29,30). The Labute approximate surface area is 186 Å². The van der Waals surface area contributed by atoms with Gasteiger partial charge >= 0.3 is 0 Å². The molecule has 4 aromatic rings. The van der Waals surface area contributed by atoms with Gasteiger partial charge in [0, 0.05) is 36.1 Å². The SMILES string of the molecule is COc1ccc(Nc2cc(C)nc(NCCNC(=O)c3ccc4ccccc4c3)n2)cc1. The number of rotatable bonds is 8. The molecule has 1 heterocycles. The van der Waals surface area contributed by atoms with Crippen molar-refractivity contribution in [3.63, 3.8) is 0 Å². The number of methoxy groups -OCH3 is 1. The molecule has 0 radical (unpaired) electrons. The van der Waals surface area contributed by atoms with E-state index in [0.29, 0.717) is 30.4 Å². The molecule has 0 aliphatic heterocycles. The molecule has 7 heteroatoms. The van der Waals surface area contributed by atoms with Crippen LogP contribution in [-0.2, 0) is 0 Å². The van der Waals surface area contributed by atoms with Gasteiger partial charge in [-0.05, 0) is 54.1 Å². The summed E-state index contributed by atoms with van der Waals surface area (Å²) >= 11 is 0. The number of nitrogens with zero attached hydrogens (tertiary/aromatic N) is 2. The molecule has 32 heavy (non-hydrogen) atoms. The van der Waals surface area contributed by atoms with Crippen LogP contribution in [0.25, 0.3) is 10.8 Å². The lowest BCUT2D eigenvalue weighted by atomic mass is 10.1. The molecule has 162 valence electrons. The van der Waals surface area contributed by atoms with Gasteiger partial charge in [0.15, 0.2) is 0 Å². The predicted molar refractivity (Wildman–Crippen MR) is 128 cm³/mol. The van der Waals surface area contributed by atoms with Gasteiger partial charge in [-0.1, -0.05) is 30.3 Å². The molecule has 0 unspecified atom stereocenters. The average Bonchev–Trinajstić information content (AvgIpc) is 2.81. The van der Waals surface area contributed by atoms with Gasteiger partial charge in [-0.2, -0.15) is 4.98 Å². The summed E-state index contributed by atoms with van der Waals surface area (Å²) < 4.78 is 5.18. The Kier molecular flexibility index (Phi) is 6.46. The molecule has 0 aliphatic rings. The lowest BCUT2D eigenvalue weighted by molar-refractivity contribution is 0.0955. The molecule has 0 atom stereocenters. The maximum Gasteiger partial charge on any atom is 0.251 e. The zero-order valence-electron chi connectivity index (χ0n) is 18.1. The Morgan fingerprint density at radius 3 is 2.47 bits per heavy atom. The van der Waals surface area contributed by atoms with Crippen LogP contribution >= 0.6 is 0 Å². The maximum atomic E-state index is 12.5. The highest BCUT2D eigenvalue weighted by Crippen LogP contribution is 2.20. The summed E-state index contributed by atoms with van der Waals surface area (Å²) in [5, 5.41) is 11.5. The van der Waals surface area contributed by atoms with Crippen LogP contribution in [0.1, 0.15) is 16.1 Å². The van der Waals surface area contributed by atoms with Crippen LogP contribution in [0, 0.1) is 6.92 Å². The van der Waals surface area contributed by atoms with E-state index >= 15 is 0 Å². The van der Waals surface area contributed by atoms with E-state index in [4.69, 9.17) is 4.74 Å². The smallest absolute Gasteiger partial charge is 0.251 e. The number of hydrogen-bond donors (Lipinski definition) is 3. The number of amides is 1. The van der Waals surface area contributed by atoms with E-state index in [9.17, 15) is 4.79 Å². The van der Waals surface area contributed by atoms with Gasteiger partial charge in [0.1, 0.15) is 11.6 Å². The van der Waals surface area contributed by atoms with Crippen molar-refractivity contribution in [3.05, 3.63) is 84.1 Å². The highest BCUT2D eigenvalue weighted by Gasteiger charge is 2.07. The molecule has 0 saturated carbocycles. The first-order valence-corrected chi connectivity index (χ1v) is 10.4. The monoisotopic (exact) mass is 427 g/mol. The van der Waals surface area contributed by atoms with E-state index in [-0.39, 0.29) is 5.91 Å². The van der Waals surface area contributed by atoms with Crippen LogP contribution in [0.4, 0.5) is 17.5 Å². The molecule has 0 fully saturated rings. The molecule has 3 aromatic carbocycles. The topological polar surface area (TPSA) is 88.2 Å². The number of carbonyl (C=O) groups is 1. The van der Waals surface area contributed by atoms with Crippen molar-refractivity contribution >= 4 is 34.1 Å². The van der Waals surface area contributed by atoms with Crippen LogP contribution in [-0.4, -0.2) is 36.1 Å². The summed E-state index contributed by atoms with van der Waals surface area (Å²) in [6.45, 7) is 2.86. The second-order valence-corrected chi connectivity index (χ2v) is 7.32. The first-order valence-electron chi connectivity index (χ1n) is 10.4. The van der Waals surface area contributed by atoms with E-state index in [1.54, 1.807) is 7.11 Å². The third kappa shape index (κ3) is 5.31. The number of aromatic nitrogens is 2. The summed E-state index contributed by atoms with van der Waals surface area (Å²) in [6.07, 6.45) is 0. The minimum atomic E-state index is -0.107. The van der Waals surface area contributed by atoms with E-state index in [1.165, 1.54) is 0 Å². The number of nitrogens with one attached hydrogen (secondary N) is 3. The number of carbonyl (C=O) groups excluding carboxylic acids is 1. The zero-order valence-corrected chi connectivity index (χ0v) is 18.1. The van der Waals surface area contributed by atoms with E-state index in [2.05, 4.69) is 25.9 Å². The predicted octanol–water partition coefficient (Wildman–Crippen LogP) is 4.53. The minimum Gasteiger partial charge on any atom is -0.497 e. The third-order valence-corrected chi connectivity index (χ3v) is 4.92. The number of fused-ring (bicyclic) bond motifs is 1. The number of ether oxygens (including phenoxy) is 1. The molecule has 0 bridgehead atoms. The van der Waals surface area contributed by atoms with Crippen LogP contribution in [0.3, 0.4) is 0 Å². The van der Waals surface area contributed by atoms with Gasteiger partial charge in [-0.3, -0.25) is 4.79 Å². The molecular formula is C25H25N5O2. The van der Waals surface area contributed by atoms with Crippen LogP contribution in [0.15, 0.2) is 72.8 Å². The molecular weight excluding hydrogens is 402 g/mol. The van der Waals surface area contributed by atoms with Crippen molar-refractivity contribution in [1.82, 2.24) is 15.3 Å². The summed E-state index contributed by atoms with van der Waals surface area (Å²) in [4.78, 5) is 21.4. The number of hydrogen-bond acceptors (Lipinski definition) is 6. The van der Waals surface area contributed by atoms with Gasteiger partial charge in [-0.25, -0.2) is 4.98 Å². The van der Waals surface area contributed by atoms with Crippen LogP contribution in [0.5, 0.6) is 5.75 Å². The van der Waals surface area contributed by atoms with Crippen molar-refractivity contribution in [1.29, 1.82) is 0 Å². The second kappa shape index (κ2) is 9.78. The van der Waals surface area contributed by atoms with Gasteiger partial charge in [0.25, 0.3) is 5.91 Å². The van der Waals surface area contributed by atoms with E-state index in [0.717, 1.165) is 27.9 Å². The summed E-state index contributed by atoms with van der Waals surface area (Å²) in [6, 6.07) is 23.2. The van der Waals surface area contributed by atoms with Gasteiger partial charge < -0.3 is 20.7 Å². The quantitative estimate of drug-likeness (QED) is 0.358. The highest BCUT2D eigenvalue weighted by molar-refractivity contribution is 5.98. The largest absolute Gasteiger partial charge is 0.497 e. The molecule has 4 rings (SSSR count). The Bertz CT molecular complexity index is 1220. The number of benzene rings is 3. The molecule has 1 aromatic heterocycles. The normalized spacial score (nSPS) is 10.6. The first kappa shape index (κ1) is 21.1. The van der Waals surface area contributed by atoms with Crippen molar-refractivity contribution in [3.8, 4) is 5.75 Å². The average molecular weight is 428 g/mol. The first-order chi connectivity index (χ1) is 15.6. The summed E-state index contributed by atoms with van der Waals surface area (Å²) in [5.74, 6) is 1.87. The van der Waals surface area contributed by atoms with Gasteiger partial charge in [0.2, 0.25) is 5.95 Å². The zero-order chi connectivity index (χ0) is 22.3. The fourth-order valence-electron chi connectivity index (χ4n) is 3.32. The highest BCUT2D eigenvalue weighted by atomic mass is 16.5. The van der Waals surface area contributed by atoms with Crippen LogP contribution < -0.4 is 20.7 Å². The molecule has 0 saturated heterocycles. The fourth-order valence-corrected chi connectivity index (χ4v) is 3.32. The maximum absolute atomic E-state index is 12.5. The number of aryl methyl sites for hydroxylation is 1.